The fourth-order valence-electron chi connectivity index (χ4n) is 6.81. The zero-order valence-corrected chi connectivity index (χ0v) is 30.1. The van der Waals surface area contributed by atoms with Crippen molar-refractivity contribution in [3.8, 4) is 12.3 Å². The highest BCUT2D eigenvalue weighted by Crippen LogP contribution is 2.43. The lowest BCUT2D eigenvalue weighted by Crippen LogP contribution is -2.62. The molecule has 4 N–H and O–H groups in total. The standard InChI is InChI=1S/C34H54N6O7S/c1-9-11-16-24(27(41)30(43)35-17-10-2)36-29(42)26-23-15-12-14-22(23)20-40(26)31(44)28(34(6,7)8)38-32(45)37-25(33(3,4)5)21-39-18-13-19-48(39,46)47/h1,10,22-26,28H,2,11-21H2,3-8H3,(H,35,43)(H,36,42)(H2,37,38,45)/t22-,23-,24?,25+,26-,28+/m0/s1. The number of nitrogens with one attached hydrogen (secondary N) is 4. The molecule has 48 heavy (non-hydrogen) atoms. The van der Waals surface area contributed by atoms with Crippen molar-refractivity contribution < 1.29 is 32.4 Å². The number of carbonyl (C=O) groups excluding carboxylic acids is 5. The summed E-state index contributed by atoms with van der Waals surface area (Å²) in [7, 11) is -3.39. The molecule has 0 aromatic heterocycles. The topological polar surface area (TPSA) is 174 Å². The number of fused-ring (bicyclic) bond motifs is 1. The molecular weight excluding hydrogens is 636 g/mol. The van der Waals surface area contributed by atoms with Gasteiger partial charge in [0.1, 0.15) is 12.1 Å². The number of Topliss-reactive ketones (excluding diaryl/α,β-unsaturated/α-hetero) is 1. The summed E-state index contributed by atoms with van der Waals surface area (Å²) in [5, 5.41) is 10.9. The maximum absolute atomic E-state index is 14.4. The molecule has 0 aromatic carbocycles. The van der Waals surface area contributed by atoms with E-state index in [2.05, 4.69) is 33.8 Å². The molecule has 1 aliphatic carbocycles. The number of rotatable bonds is 13. The van der Waals surface area contributed by atoms with E-state index in [4.69, 9.17) is 6.42 Å². The van der Waals surface area contributed by atoms with E-state index in [1.165, 1.54) is 15.3 Å². The van der Waals surface area contributed by atoms with E-state index in [9.17, 15) is 32.4 Å². The minimum absolute atomic E-state index is 0.0529. The number of likely N-dealkylation sites (tertiary alicyclic amines) is 1. The van der Waals surface area contributed by atoms with E-state index in [1.54, 1.807) is 0 Å². The van der Waals surface area contributed by atoms with Crippen LogP contribution < -0.4 is 21.3 Å². The van der Waals surface area contributed by atoms with Crippen LogP contribution in [0.25, 0.3) is 0 Å². The maximum Gasteiger partial charge on any atom is 0.315 e. The number of ketones is 1. The fraction of sp³-hybridized carbons (Fsp3) is 0.735. The van der Waals surface area contributed by atoms with Crippen LogP contribution in [0.5, 0.6) is 0 Å². The number of sulfonamides is 1. The third-order valence-electron chi connectivity index (χ3n) is 9.61. The normalized spacial score (nSPS) is 24.0. The van der Waals surface area contributed by atoms with Gasteiger partial charge in [0, 0.05) is 38.6 Å². The quantitative estimate of drug-likeness (QED) is 0.129. The molecule has 3 aliphatic rings. The van der Waals surface area contributed by atoms with Crippen LogP contribution in [0, 0.1) is 35.0 Å². The second kappa shape index (κ2) is 15.8. The molecule has 2 aliphatic heterocycles. The van der Waals surface area contributed by atoms with E-state index >= 15 is 0 Å². The molecular formula is C34H54N6O7S. The van der Waals surface area contributed by atoms with E-state index in [0.29, 0.717) is 19.5 Å². The highest BCUT2D eigenvalue weighted by molar-refractivity contribution is 7.89. The Hall–Kier alpha value is -3.44. The molecule has 3 rings (SSSR count). The third-order valence-corrected chi connectivity index (χ3v) is 11.5. The fourth-order valence-corrected chi connectivity index (χ4v) is 8.35. The number of terminal acetylenes is 1. The number of hydrogen-bond acceptors (Lipinski definition) is 7. The molecule has 6 atom stereocenters. The number of urea groups is 1. The van der Waals surface area contributed by atoms with Gasteiger partial charge in [-0.05, 0) is 48.3 Å². The highest BCUT2D eigenvalue weighted by atomic mass is 32.2. The Balaban J connectivity index is 1.83. The summed E-state index contributed by atoms with van der Waals surface area (Å²) in [6.45, 7) is 15.6. The van der Waals surface area contributed by atoms with Gasteiger partial charge in [-0.15, -0.1) is 18.9 Å². The molecule has 2 saturated heterocycles. The zero-order valence-electron chi connectivity index (χ0n) is 29.3. The van der Waals surface area contributed by atoms with Gasteiger partial charge in [0.05, 0.1) is 11.8 Å². The Bertz CT molecular complexity index is 1390. The number of amides is 5. The third kappa shape index (κ3) is 9.59. The van der Waals surface area contributed by atoms with E-state index in [-0.39, 0.29) is 43.5 Å². The first-order chi connectivity index (χ1) is 22.3. The summed E-state index contributed by atoms with van der Waals surface area (Å²) in [5.74, 6) is -0.228. The van der Waals surface area contributed by atoms with Crippen LogP contribution in [0.1, 0.15) is 80.1 Å². The van der Waals surface area contributed by atoms with E-state index in [1.807, 2.05) is 41.5 Å². The van der Waals surface area contributed by atoms with Crippen molar-refractivity contribution in [1.29, 1.82) is 0 Å². The zero-order chi connectivity index (χ0) is 36.0. The first-order valence-electron chi connectivity index (χ1n) is 16.8. The summed E-state index contributed by atoms with van der Waals surface area (Å²) in [6.07, 6.45) is 10.0. The van der Waals surface area contributed by atoms with Gasteiger partial charge < -0.3 is 26.2 Å². The van der Waals surface area contributed by atoms with Crippen molar-refractivity contribution in [2.75, 3.05) is 31.9 Å². The van der Waals surface area contributed by atoms with Crippen LogP contribution in [0.4, 0.5) is 4.79 Å². The van der Waals surface area contributed by atoms with Crippen molar-refractivity contribution >= 4 is 39.6 Å². The van der Waals surface area contributed by atoms with Gasteiger partial charge in [-0.1, -0.05) is 54.0 Å². The van der Waals surface area contributed by atoms with Crippen molar-refractivity contribution in [3.05, 3.63) is 12.7 Å². The van der Waals surface area contributed by atoms with E-state index < -0.39 is 74.6 Å². The predicted molar refractivity (Wildman–Crippen MR) is 183 cm³/mol. The van der Waals surface area contributed by atoms with Crippen LogP contribution in [-0.2, 0) is 29.2 Å². The van der Waals surface area contributed by atoms with Crippen molar-refractivity contribution in [3.63, 3.8) is 0 Å². The molecule has 5 amide bonds. The Labute approximate surface area is 285 Å². The van der Waals surface area contributed by atoms with Crippen molar-refractivity contribution in [1.82, 2.24) is 30.5 Å². The molecule has 0 bridgehead atoms. The number of carbonyl (C=O) groups is 5. The molecule has 268 valence electrons. The molecule has 0 radical (unpaired) electrons. The highest BCUT2D eigenvalue weighted by Gasteiger charge is 2.52. The predicted octanol–water partition coefficient (Wildman–Crippen LogP) is 1.55. The van der Waals surface area contributed by atoms with Gasteiger partial charge in [-0.3, -0.25) is 19.2 Å². The van der Waals surface area contributed by atoms with Gasteiger partial charge in [0.2, 0.25) is 27.6 Å². The SMILES string of the molecule is C#CCCC(NC(=O)[C@@H]1[C@H]2CCC[C@H]2CN1C(=O)[C@@H](NC(=O)N[C@H](CN1CCCS1(=O)=O)C(C)(C)C)C(C)(C)C)C(=O)C(=O)NCC=C. The molecule has 1 unspecified atom stereocenters. The van der Waals surface area contributed by atoms with Crippen LogP contribution in [0.15, 0.2) is 12.7 Å². The van der Waals surface area contributed by atoms with Crippen molar-refractivity contribution in [2.24, 2.45) is 22.7 Å². The lowest BCUT2D eigenvalue weighted by atomic mass is 9.85. The lowest BCUT2D eigenvalue weighted by molar-refractivity contribution is -0.144. The second-order valence-corrected chi connectivity index (χ2v) is 17.4. The van der Waals surface area contributed by atoms with Crippen LogP contribution in [-0.4, -0.2) is 103 Å². The molecule has 0 spiro atoms. The molecule has 3 fully saturated rings. The van der Waals surface area contributed by atoms with Gasteiger partial charge in [0.25, 0.3) is 5.91 Å². The summed E-state index contributed by atoms with van der Waals surface area (Å²) in [5.41, 5.74) is -1.26. The van der Waals surface area contributed by atoms with Gasteiger partial charge in [-0.25, -0.2) is 13.2 Å². The van der Waals surface area contributed by atoms with Crippen LogP contribution in [0.3, 0.4) is 0 Å². The molecule has 14 heteroatoms. The average Bonchev–Trinajstić information content (AvgIpc) is 3.68. The summed E-state index contributed by atoms with van der Waals surface area (Å²) >= 11 is 0. The second-order valence-electron chi connectivity index (χ2n) is 15.3. The Morgan fingerprint density at radius 2 is 1.69 bits per heavy atom. The first kappa shape index (κ1) is 39.0. The molecule has 2 heterocycles. The molecule has 13 nitrogen and oxygen atoms in total. The summed E-state index contributed by atoms with van der Waals surface area (Å²) in [6, 6.07) is -4.28. The monoisotopic (exact) mass is 690 g/mol. The Morgan fingerprint density at radius 3 is 2.25 bits per heavy atom. The van der Waals surface area contributed by atoms with Crippen LogP contribution in [0.2, 0.25) is 0 Å². The Kier molecular flexibility index (Phi) is 12.9. The Morgan fingerprint density at radius 1 is 1.00 bits per heavy atom. The molecule has 0 aromatic rings. The number of hydrogen-bond donors (Lipinski definition) is 4. The first-order valence-corrected chi connectivity index (χ1v) is 18.4. The largest absolute Gasteiger partial charge is 0.346 e. The minimum Gasteiger partial charge on any atom is -0.346 e. The lowest BCUT2D eigenvalue weighted by Gasteiger charge is -2.38. The van der Waals surface area contributed by atoms with E-state index in [0.717, 1.165) is 19.3 Å². The summed E-state index contributed by atoms with van der Waals surface area (Å²) in [4.78, 5) is 68.9. The smallest absolute Gasteiger partial charge is 0.315 e. The van der Waals surface area contributed by atoms with Crippen molar-refractivity contribution in [2.45, 2.75) is 104 Å². The van der Waals surface area contributed by atoms with Gasteiger partial charge in [-0.2, -0.15) is 4.31 Å². The minimum atomic E-state index is -3.39. The van der Waals surface area contributed by atoms with Gasteiger partial charge >= 0.3 is 6.03 Å². The summed E-state index contributed by atoms with van der Waals surface area (Å²) < 4.78 is 26.4. The average molecular weight is 691 g/mol. The van der Waals surface area contributed by atoms with Gasteiger partial charge in [0.15, 0.2) is 0 Å². The number of nitrogens with zero attached hydrogens (tertiary/aromatic N) is 2. The molecule has 1 saturated carbocycles. The maximum atomic E-state index is 14.4. The van der Waals surface area contributed by atoms with Crippen LogP contribution >= 0.6 is 0 Å².